The summed E-state index contributed by atoms with van der Waals surface area (Å²) in [6, 6.07) is 13.4. The van der Waals surface area contributed by atoms with Gasteiger partial charge in [0.15, 0.2) is 0 Å². The smallest absolute Gasteiger partial charge is 0.135 e. The fourth-order valence-corrected chi connectivity index (χ4v) is 3.79. The molecule has 0 heterocycles. The van der Waals surface area contributed by atoms with Crippen molar-refractivity contribution in [3.05, 3.63) is 71.8 Å². The molecule has 0 aliphatic carbocycles. The molecular weight excluding hydrogens is 368 g/mol. The van der Waals surface area contributed by atoms with Crippen LogP contribution in [-0.2, 0) is 12.8 Å². The monoisotopic (exact) mass is 402 g/mol. The van der Waals surface area contributed by atoms with E-state index in [-0.39, 0.29) is 0 Å². The second-order valence-corrected chi connectivity index (χ2v) is 7.54. The van der Waals surface area contributed by atoms with Crippen LogP contribution in [0.1, 0.15) is 51.7 Å². The molecule has 0 unspecified atom stereocenters. The number of hydrogen-bond donors (Lipinski definition) is 0. The summed E-state index contributed by atoms with van der Waals surface area (Å²) in [5.41, 5.74) is 2.62. The standard InChI is InChI=1S/C28H34O2/c1-5-9-11-17-29-27-23-15-13-22(8-4)20-26(23)28(30-18-12-10-6-2)24-16-14-21(7-3)19-25(24)27/h5-6,9-10,13-16,19-20H,7-8,11-12,17-18H2,1-4H3/b9-5+,10-6+. The van der Waals surface area contributed by atoms with Crippen LogP contribution in [0.4, 0.5) is 0 Å². The molecule has 0 N–H and O–H groups in total. The summed E-state index contributed by atoms with van der Waals surface area (Å²) in [5.74, 6) is 1.95. The van der Waals surface area contributed by atoms with Gasteiger partial charge in [-0.25, -0.2) is 0 Å². The molecule has 0 aliphatic rings. The Balaban J connectivity index is 2.22. The highest BCUT2D eigenvalue weighted by molar-refractivity contribution is 6.11. The Morgan fingerprint density at radius 1 is 0.633 bits per heavy atom. The molecule has 0 atom stereocenters. The van der Waals surface area contributed by atoms with Crippen LogP contribution in [0.25, 0.3) is 21.5 Å². The molecule has 30 heavy (non-hydrogen) atoms. The Kier molecular flexibility index (Phi) is 7.96. The van der Waals surface area contributed by atoms with Crippen LogP contribution in [0, 0.1) is 0 Å². The maximum Gasteiger partial charge on any atom is 0.135 e. The van der Waals surface area contributed by atoms with Crippen LogP contribution < -0.4 is 9.47 Å². The SMILES string of the molecule is C/C=C/CCOc1c2ccc(CC)cc2c(OCC/C=C/C)c2ccc(CC)cc12. The first-order valence-electron chi connectivity index (χ1n) is 11.2. The maximum absolute atomic E-state index is 6.39. The van der Waals surface area contributed by atoms with Gasteiger partial charge in [0, 0.05) is 21.5 Å². The second-order valence-electron chi connectivity index (χ2n) is 7.54. The van der Waals surface area contributed by atoms with Crippen LogP contribution in [-0.4, -0.2) is 13.2 Å². The number of benzene rings is 3. The number of ether oxygens (including phenoxy) is 2. The van der Waals surface area contributed by atoms with Gasteiger partial charge in [-0.05, 0) is 62.8 Å². The quantitative estimate of drug-likeness (QED) is 0.196. The van der Waals surface area contributed by atoms with Gasteiger partial charge in [0.2, 0.25) is 0 Å². The predicted octanol–water partition coefficient (Wildman–Crippen LogP) is 7.81. The summed E-state index contributed by atoms with van der Waals surface area (Å²) in [5, 5.41) is 4.56. The fraction of sp³-hybridized carbons (Fsp3) is 0.357. The molecule has 0 spiro atoms. The minimum absolute atomic E-state index is 0.669. The first kappa shape index (κ1) is 22.0. The number of rotatable bonds is 10. The minimum atomic E-state index is 0.669. The summed E-state index contributed by atoms with van der Waals surface area (Å²) < 4.78 is 12.8. The molecule has 0 radical (unpaired) electrons. The molecular formula is C28H34O2. The van der Waals surface area contributed by atoms with Crippen LogP contribution in [0.15, 0.2) is 60.7 Å². The summed E-state index contributed by atoms with van der Waals surface area (Å²) in [6.45, 7) is 9.81. The zero-order valence-corrected chi connectivity index (χ0v) is 18.8. The van der Waals surface area contributed by atoms with E-state index in [1.165, 1.54) is 11.1 Å². The zero-order chi connectivity index (χ0) is 21.3. The first-order chi connectivity index (χ1) is 14.7. The van der Waals surface area contributed by atoms with Crippen molar-refractivity contribution in [1.82, 2.24) is 0 Å². The molecule has 2 heteroatoms. The van der Waals surface area contributed by atoms with Crippen LogP contribution in [0.3, 0.4) is 0 Å². The molecule has 0 bridgehead atoms. The Hall–Kier alpha value is -2.74. The average Bonchev–Trinajstić information content (AvgIpc) is 2.79. The van der Waals surface area contributed by atoms with Gasteiger partial charge in [0.05, 0.1) is 13.2 Å². The molecule has 0 saturated heterocycles. The topological polar surface area (TPSA) is 18.5 Å². The number of allylic oxidation sites excluding steroid dienone is 2. The van der Waals surface area contributed by atoms with Gasteiger partial charge >= 0.3 is 0 Å². The molecule has 3 aromatic carbocycles. The highest BCUT2D eigenvalue weighted by Gasteiger charge is 2.17. The van der Waals surface area contributed by atoms with Crippen molar-refractivity contribution in [3.63, 3.8) is 0 Å². The van der Waals surface area contributed by atoms with Gasteiger partial charge in [-0.3, -0.25) is 0 Å². The molecule has 0 aliphatic heterocycles. The highest BCUT2D eigenvalue weighted by atomic mass is 16.5. The third kappa shape index (κ3) is 4.87. The Labute approximate surface area is 181 Å². The highest BCUT2D eigenvalue weighted by Crippen LogP contribution is 2.43. The van der Waals surface area contributed by atoms with E-state index < -0.39 is 0 Å². The minimum Gasteiger partial charge on any atom is -0.492 e. The molecule has 3 rings (SSSR count). The molecule has 3 aromatic rings. The van der Waals surface area contributed by atoms with Gasteiger partial charge in [0.1, 0.15) is 11.5 Å². The first-order valence-corrected chi connectivity index (χ1v) is 11.2. The molecule has 0 aromatic heterocycles. The Morgan fingerprint density at radius 3 is 1.43 bits per heavy atom. The van der Waals surface area contributed by atoms with E-state index in [1.54, 1.807) is 0 Å². The molecule has 0 saturated carbocycles. The summed E-state index contributed by atoms with van der Waals surface area (Å²) in [6.07, 6.45) is 12.2. The van der Waals surface area contributed by atoms with Crippen molar-refractivity contribution in [2.75, 3.05) is 13.2 Å². The van der Waals surface area contributed by atoms with Crippen molar-refractivity contribution >= 4 is 21.5 Å². The zero-order valence-electron chi connectivity index (χ0n) is 18.8. The van der Waals surface area contributed by atoms with Gasteiger partial charge in [0.25, 0.3) is 0 Å². The lowest BCUT2D eigenvalue weighted by atomic mass is 9.96. The second kappa shape index (κ2) is 10.9. The predicted molar refractivity (Wildman–Crippen MR) is 130 cm³/mol. The number of hydrogen-bond acceptors (Lipinski definition) is 2. The lowest BCUT2D eigenvalue weighted by Crippen LogP contribution is -2.02. The normalized spacial score (nSPS) is 11.9. The summed E-state index contributed by atoms with van der Waals surface area (Å²) >= 11 is 0. The van der Waals surface area contributed by atoms with E-state index in [0.29, 0.717) is 13.2 Å². The van der Waals surface area contributed by atoms with Crippen LogP contribution >= 0.6 is 0 Å². The molecule has 158 valence electrons. The van der Waals surface area contributed by atoms with E-state index in [4.69, 9.17) is 9.47 Å². The van der Waals surface area contributed by atoms with Gasteiger partial charge in [-0.2, -0.15) is 0 Å². The molecule has 0 fully saturated rings. The third-order valence-corrected chi connectivity index (χ3v) is 5.50. The van der Waals surface area contributed by atoms with Gasteiger partial charge in [-0.1, -0.05) is 62.4 Å². The van der Waals surface area contributed by atoms with E-state index in [1.807, 2.05) is 13.8 Å². The Morgan fingerprint density at radius 2 is 1.07 bits per heavy atom. The van der Waals surface area contributed by atoms with Crippen molar-refractivity contribution in [3.8, 4) is 11.5 Å². The maximum atomic E-state index is 6.39. The Bertz CT molecular complexity index is 958. The van der Waals surface area contributed by atoms with Crippen molar-refractivity contribution in [1.29, 1.82) is 0 Å². The molecule has 2 nitrogen and oxygen atoms in total. The van der Waals surface area contributed by atoms with Crippen molar-refractivity contribution < 1.29 is 9.47 Å². The van der Waals surface area contributed by atoms with Crippen LogP contribution in [0.2, 0.25) is 0 Å². The molecule has 0 amide bonds. The largest absolute Gasteiger partial charge is 0.492 e. The van der Waals surface area contributed by atoms with Crippen molar-refractivity contribution in [2.45, 2.75) is 53.4 Å². The van der Waals surface area contributed by atoms with Crippen LogP contribution in [0.5, 0.6) is 11.5 Å². The fourth-order valence-electron chi connectivity index (χ4n) is 3.79. The van der Waals surface area contributed by atoms with Gasteiger partial charge in [-0.15, -0.1) is 0 Å². The number of aryl methyl sites for hydroxylation is 2. The lowest BCUT2D eigenvalue weighted by molar-refractivity contribution is 0.327. The number of fused-ring (bicyclic) bond motifs is 2. The van der Waals surface area contributed by atoms with E-state index in [2.05, 4.69) is 74.5 Å². The third-order valence-electron chi connectivity index (χ3n) is 5.50. The average molecular weight is 403 g/mol. The lowest BCUT2D eigenvalue weighted by Gasteiger charge is -2.19. The van der Waals surface area contributed by atoms with E-state index >= 15 is 0 Å². The van der Waals surface area contributed by atoms with E-state index in [9.17, 15) is 0 Å². The van der Waals surface area contributed by atoms with Gasteiger partial charge < -0.3 is 9.47 Å². The summed E-state index contributed by atoms with van der Waals surface area (Å²) in [4.78, 5) is 0. The summed E-state index contributed by atoms with van der Waals surface area (Å²) in [7, 11) is 0. The van der Waals surface area contributed by atoms with E-state index in [0.717, 1.165) is 58.7 Å². The van der Waals surface area contributed by atoms with Crippen molar-refractivity contribution in [2.24, 2.45) is 0 Å².